The van der Waals surface area contributed by atoms with Gasteiger partial charge in [-0.1, -0.05) is 23.9 Å². The van der Waals surface area contributed by atoms with Crippen molar-refractivity contribution in [3.05, 3.63) is 40.0 Å². The summed E-state index contributed by atoms with van der Waals surface area (Å²) in [6.07, 6.45) is 0.833. The first-order chi connectivity index (χ1) is 14.2. The minimum atomic E-state index is -0.204. The van der Waals surface area contributed by atoms with Crippen LogP contribution in [-0.2, 0) is 17.8 Å². The molecule has 0 amide bonds. The van der Waals surface area contributed by atoms with Crippen molar-refractivity contribution in [2.45, 2.75) is 58.4 Å². The summed E-state index contributed by atoms with van der Waals surface area (Å²) in [7, 11) is 0. The van der Waals surface area contributed by atoms with Gasteiger partial charge in [0.05, 0.1) is 23.3 Å². The van der Waals surface area contributed by atoms with E-state index >= 15 is 0 Å². The number of thioether (sulfide) groups is 1. The van der Waals surface area contributed by atoms with E-state index in [1.807, 2.05) is 29.9 Å². The number of nitrogens with zero attached hydrogens (tertiary/aromatic N) is 6. The number of aromatic nitrogens is 6. The SMILES string of the molecule is C=C(C)CSc1nnc2c3c4c(sc3nc(-n3nc(C)cc3C)n12)COC(C)(C)C4. The van der Waals surface area contributed by atoms with Crippen LogP contribution in [0, 0.1) is 13.8 Å². The fraction of sp³-hybridized carbons (Fsp3) is 0.429. The van der Waals surface area contributed by atoms with Gasteiger partial charge >= 0.3 is 0 Å². The van der Waals surface area contributed by atoms with Gasteiger partial charge in [0.25, 0.3) is 0 Å². The molecule has 5 rings (SSSR count). The van der Waals surface area contributed by atoms with Crippen LogP contribution in [0.3, 0.4) is 0 Å². The minimum Gasteiger partial charge on any atom is -0.370 e. The highest BCUT2D eigenvalue weighted by molar-refractivity contribution is 7.99. The largest absolute Gasteiger partial charge is 0.370 e. The van der Waals surface area contributed by atoms with Crippen molar-refractivity contribution in [2.75, 3.05) is 5.75 Å². The Bertz CT molecular complexity index is 1310. The monoisotopic (exact) mass is 440 g/mol. The van der Waals surface area contributed by atoms with Gasteiger partial charge in [-0.15, -0.1) is 21.5 Å². The predicted molar refractivity (Wildman–Crippen MR) is 121 cm³/mol. The Morgan fingerprint density at radius 2 is 2.13 bits per heavy atom. The Morgan fingerprint density at radius 1 is 1.33 bits per heavy atom. The standard InChI is InChI=1S/C21H24N6OS2/c1-11(2)10-29-20-24-23-17-16-14-8-21(5,6)28-9-15(14)30-18(16)22-19(26(17)20)27-13(4)7-12(3)25-27/h7H,1,8-10H2,2-6H3. The zero-order chi connectivity index (χ0) is 21.2. The molecule has 0 N–H and O–H groups in total. The summed E-state index contributed by atoms with van der Waals surface area (Å²) in [6.45, 7) is 14.9. The molecule has 30 heavy (non-hydrogen) atoms. The fourth-order valence-corrected chi connectivity index (χ4v) is 5.72. The number of thiophene rings is 1. The first-order valence-electron chi connectivity index (χ1n) is 9.88. The normalized spacial score (nSPS) is 15.8. The molecule has 4 aromatic heterocycles. The molecular weight excluding hydrogens is 416 g/mol. The van der Waals surface area contributed by atoms with Crippen LogP contribution >= 0.6 is 23.1 Å². The van der Waals surface area contributed by atoms with Crippen molar-refractivity contribution in [3.8, 4) is 5.95 Å². The maximum Gasteiger partial charge on any atom is 0.240 e. The van der Waals surface area contributed by atoms with Gasteiger partial charge in [0, 0.05) is 22.7 Å². The highest BCUT2D eigenvalue weighted by Gasteiger charge is 2.32. The third-order valence-corrected chi connectivity index (χ3v) is 7.43. The highest BCUT2D eigenvalue weighted by Crippen LogP contribution is 2.41. The molecule has 0 spiro atoms. The quantitative estimate of drug-likeness (QED) is 0.339. The first kappa shape index (κ1) is 19.7. The molecule has 0 bridgehead atoms. The highest BCUT2D eigenvalue weighted by atomic mass is 32.2. The van der Waals surface area contributed by atoms with E-state index in [-0.39, 0.29) is 5.60 Å². The molecule has 156 valence electrons. The maximum absolute atomic E-state index is 6.05. The van der Waals surface area contributed by atoms with E-state index < -0.39 is 0 Å². The van der Waals surface area contributed by atoms with E-state index in [2.05, 4.69) is 41.8 Å². The summed E-state index contributed by atoms with van der Waals surface area (Å²) in [6, 6.07) is 2.05. The Kier molecular flexibility index (Phi) is 4.53. The molecule has 0 unspecified atom stereocenters. The molecule has 4 aromatic rings. The van der Waals surface area contributed by atoms with Gasteiger partial charge in [-0.2, -0.15) is 5.10 Å². The van der Waals surface area contributed by atoms with Crippen LogP contribution < -0.4 is 0 Å². The number of hydrogen-bond acceptors (Lipinski definition) is 7. The molecule has 0 radical (unpaired) electrons. The molecule has 0 aliphatic carbocycles. The number of ether oxygens (including phenoxy) is 1. The van der Waals surface area contributed by atoms with Crippen LogP contribution in [0.25, 0.3) is 21.8 Å². The molecule has 7 nitrogen and oxygen atoms in total. The molecule has 1 aliphatic heterocycles. The Balaban J connectivity index is 1.82. The van der Waals surface area contributed by atoms with E-state index in [9.17, 15) is 0 Å². The summed E-state index contributed by atoms with van der Waals surface area (Å²) in [4.78, 5) is 7.26. The van der Waals surface area contributed by atoms with Crippen molar-refractivity contribution in [1.82, 2.24) is 29.4 Å². The molecule has 0 aromatic carbocycles. The van der Waals surface area contributed by atoms with Gasteiger partial charge in [-0.05, 0) is 46.2 Å². The van der Waals surface area contributed by atoms with Gasteiger partial charge in [0.15, 0.2) is 10.8 Å². The fourth-order valence-electron chi connectivity index (χ4n) is 3.86. The van der Waals surface area contributed by atoms with Crippen LogP contribution in [-0.4, -0.2) is 40.7 Å². The van der Waals surface area contributed by atoms with Gasteiger partial charge in [0.2, 0.25) is 5.95 Å². The summed E-state index contributed by atoms with van der Waals surface area (Å²) in [5.41, 5.74) is 4.98. The molecule has 0 atom stereocenters. The minimum absolute atomic E-state index is 0.204. The number of hydrogen-bond donors (Lipinski definition) is 0. The smallest absolute Gasteiger partial charge is 0.240 e. The number of aryl methyl sites for hydroxylation is 2. The summed E-state index contributed by atoms with van der Waals surface area (Å²) < 4.78 is 9.98. The Morgan fingerprint density at radius 3 is 2.83 bits per heavy atom. The molecule has 0 saturated heterocycles. The second kappa shape index (κ2) is 6.90. The van der Waals surface area contributed by atoms with Crippen LogP contribution in [0.2, 0.25) is 0 Å². The van der Waals surface area contributed by atoms with Crippen molar-refractivity contribution in [2.24, 2.45) is 0 Å². The van der Waals surface area contributed by atoms with E-state index in [1.165, 1.54) is 10.4 Å². The van der Waals surface area contributed by atoms with E-state index in [1.54, 1.807) is 23.1 Å². The van der Waals surface area contributed by atoms with Crippen LogP contribution in [0.5, 0.6) is 0 Å². The summed E-state index contributed by atoms with van der Waals surface area (Å²) in [5, 5.41) is 15.7. The predicted octanol–water partition coefficient (Wildman–Crippen LogP) is 4.66. The van der Waals surface area contributed by atoms with E-state index in [0.717, 1.165) is 56.1 Å². The first-order valence-corrected chi connectivity index (χ1v) is 11.7. The molecule has 5 heterocycles. The van der Waals surface area contributed by atoms with Gasteiger partial charge in [-0.25, -0.2) is 14.1 Å². The Labute approximate surface area is 183 Å². The third kappa shape index (κ3) is 3.16. The zero-order valence-corrected chi connectivity index (χ0v) is 19.4. The zero-order valence-electron chi connectivity index (χ0n) is 17.8. The third-order valence-electron chi connectivity index (χ3n) is 5.17. The average Bonchev–Trinajstić information content (AvgIpc) is 3.33. The average molecular weight is 441 g/mol. The van der Waals surface area contributed by atoms with Crippen molar-refractivity contribution in [1.29, 1.82) is 0 Å². The van der Waals surface area contributed by atoms with Crippen LogP contribution in [0.4, 0.5) is 0 Å². The second-order valence-corrected chi connectivity index (χ2v) is 10.6. The molecule has 0 saturated carbocycles. The van der Waals surface area contributed by atoms with Crippen LogP contribution in [0.15, 0.2) is 23.4 Å². The van der Waals surface area contributed by atoms with Gasteiger partial charge in [0.1, 0.15) is 4.83 Å². The van der Waals surface area contributed by atoms with Crippen LogP contribution in [0.1, 0.15) is 42.6 Å². The Hall–Kier alpha value is -2.23. The van der Waals surface area contributed by atoms with Crippen molar-refractivity contribution < 1.29 is 4.74 Å². The lowest BCUT2D eigenvalue weighted by atomic mass is 9.94. The van der Waals surface area contributed by atoms with E-state index in [0.29, 0.717) is 6.61 Å². The lowest BCUT2D eigenvalue weighted by molar-refractivity contribution is -0.0379. The molecule has 0 fully saturated rings. The number of fused-ring (bicyclic) bond motifs is 5. The van der Waals surface area contributed by atoms with Gasteiger partial charge < -0.3 is 4.74 Å². The molecule has 1 aliphatic rings. The summed E-state index contributed by atoms with van der Waals surface area (Å²) >= 11 is 3.31. The molecule has 9 heteroatoms. The van der Waals surface area contributed by atoms with Crippen molar-refractivity contribution in [3.63, 3.8) is 0 Å². The van der Waals surface area contributed by atoms with Crippen molar-refractivity contribution >= 4 is 39.0 Å². The number of rotatable bonds is 4. The molecular formula is C21H24N6OS2. The van der Waals surface area contributed by atoms with E-state index in [4.69, 9.17) is 9.72 Å². The van der Waals surface area contributed by atoms with Gasteiger partial charge in [-0.3, -0.25) is 0 Å². The topological polar surface area (TPSA) is 70.1 Å². The lowest BCUT2D eigenvalue weighted by Gasteiger charge is -2.30. The second-order valence-electron chi connectivity index (χ2n) is 8.55. The lowest BCUT2D eigenvalue weighted by Crippen LogP contribution is -2.31. The maximum atomic E-state index is 6.05. The summed E-state index contributed by atoms with van der Waals surface area (Å²) in [5.74, 6) is 1.49.